The fourth-order valence-corrected chi connectivity index (χ4v) is 3.28. The SMILES string of the molecule is O=C(O)CCC1CCCCN1C(=O)c1ccc(=O)n(-c2ccccc2)n1. The molecule has 0 bridgehead atoms. The van der Waals surface area contributed by atoms with Crippen LogP contribution in [0.3, 0.4) is 0 Å². The number of carbonyl (C=O) groups is 2. The Bertz CT molecular complexity index is 847. The molecule has 1 unspecified atom stereocenters. The van der Waals surface area contributed by atoms with Gasteiger partial charge in [0, 0.05) is 25.1 Å². The van der Waals surface area contributed by atoms with E-state index in [-0.39, 0.29) is 29.6 Å². The molecule has 26 heavy (non-hydrogen) atoms. The second-order valence-electron chi connectivity index (χ2n) is 6.38. The van der Waals surface area contributed by atoms with E-state index in [0.29, 0.717) is 18.7 Å². The molecule has 0 aliphatic carbocycles. The number of rotatable bonds is 5. The number of likely N-dealkylation sites (tertiary alicyclic amines) is 1. The Kier molecular flexibility index (Phi) is 5.46. The zero-order valence-electron chi connectivity index (χ0n) is 14.4. The number of carboxylic acid groups (broad SMARTS) is 1. The predicted molar refractivity (Wildman–Crippen MR) is 95.4 cm³/mol. The molecule has 1 aromatic carbocycles. The van der Waals surface area contributed by atoms with Crippen LogP contribution in [0.25, 0.3) is 5.69 Å². The topological polar surface area (TPSA) is 92.5 Å². The monoisotopic (exact) mass is 355 g/mol. The molecule has 2 aromatic rings. The number of hydrogen-bond donors (Lipinski definition) is 1. The van der Waals surface area contributed by atoms with Crippen molar-refractivity contribution in [1.29, 1.82) is 0 Å². The van der Waals surface area contributed by atoms with Gasteiger partial charge in [0.25, 0.3) is 11.5 Å². The zero-order valence-corrected chi connectivity index (χ0v) is 14.4. The van der Waals surface area contributed by atoms with E-state index >= 15 is 0 Å². The molecule has 0 saturated carbocycles. The zero-order chi connectivity index (χ0) is 18.5. The Morgan fingerprint density at radius 3 is 2.62 bits per heavy atom. The average molecular weight is 355 g/mol. The van der Waals surface area contributed by atoms with Crippen LogP contribution in [0.1, 0.15) is 42.6 Å². The summed E-state index contributed by atoms with van der Waals surface area (Å²) in [6, 6.07) is 11.6. The summed E-state index contributed by atoms with van der Waals surface area (Å²) in [5, 5.41) is 13.2. The van der Waals surface area contributed by atoms with Gasteiger partial charge in [0.05, 0.1) is 5.69 Å². The van der Waals surface area contributed by atoms with Crippen LogP contribution < -0.4 is 5.56 Å². The van der Waals surface area contributed by atoms with Gasteiger partial charge in [-0.2, -0.15) is 9.78 Å². The van der Waals surface area contributed by atoms with Gasteiger partial charge >= 0.3 is 5.97 Å². The van der Waals surface area contributed by atoms with Gasteiger partial charge in [-0.05, 0) is 43.9 Å². The van der Waals surface area contributed by atoms with Crippen molar-refractivity contribution in [3.05, 3.63) is 58.5 Å². The molecule has 1 aromatic heterocycles. The van der Waals surface area contributed by atoms with Gasteiger partial charge in [-0.3, -0.25) is 14.4 Å². The highest BCUT2D eigenvalue weighted by molar-refractivity contribution is 5.92. The minimum atomic E-state index is -0.862. The van der Waals surface area contributed by atoms with Crippen LogP contribution in [0.2, 0.25) is 0 Å². The van der Waals surface area contributed by atoms with Gasteiger partial charge in [-0.25, -0.2) is 0 Å². The number of amides is 1. The van der Waals surface area contributed by atoms with Gasteiger partial charge in [-0.1, -0.05) is 18.2 Å². The molecule has 1 atom stereocenters. The molecule has 1 aliphatic rings. The van der Waals surface area contributed by atoms with Crippen LogP contribution >= 0.6 is 0 Å². The minimum Gasteiger partial charge on any atom is -0.481 e. The highest BCUT2D eigenvalue weighted by Crippen LogP contribution is 2.22. The van der Waals surface area contributed by atoms with Crippen LogP contribution in [-0.4, -0.2) is 44.3 Å². The fraction of sp³-hybridized carbons (Fsp3) is 0.368. The summed E-state index contributed by atoms with van der Waals surface area (Å²) < 4.78 is 1.21. The van der Waals surface area contributed by atoms with E-state index in [2.05, 4.69) is 5.10 Å². The van der Waals surface area contributed by atoms with Crippen molar-refractivity contribution in [2.75, 3.05) is 6.54 Å². The van der Waals surface area contributed by atoms with Crippen molar-refractivity contribution in [3.63, 3.8) is 0 Å². The number of nitrogens with zero attached hydrogens (tertiary/aromatic N) is 3. The quantitative estimate of drug-likeness (QED) is 0.886. The van der Waals surface area contributed by atoms with Crippen LogP contribution in [-0.2, 0) is 4.79 Å². The van der Waals surface area contributed by atoms with E-state index in [1.165, 1.54) is 16.8 Å². The summed E-state index contributed by atoms with van der Waals surface area (Å²) >= 11 is 0. The van der Waals surface area contributed by atoms with E-state index in [1.807, 2.05) is 6.07 Å². The first-order valence-electron chi connectivity index (χ1n) is 8.75. The van der Waals surface area contributed by atoms with Crippen LogP contribution in [0.15, 0.2) is 47.3 Å². The molecular formula is C19H21N3O4. The summed E-state index contributed by atoms with van der Waals surface area (Å²) in [6.07, 6.45) is 3.11. The highest BCUT2D eigenvalue weighted by Gasteiger charge is 2.28. The number of hydrogen-bond acceptors (Lipinski definition) is 4. The van der Waals surface area contributed by atoms with Crippen molar-refractivity contribution in [1.82, 2.24) is 14.7 Å². The Balaban J connectivity index is 1.86. The number of benzene rings is 1. The second-order valence-corrected chi connectivity index (χ2v) is 6.38. The molecule has 1 aliphatic heterocycles. The normalized spacial score (nSPS) is 17.1. The van der Waals surface area contributed by atoms with E-state index in [0.717, 1.165) is 19.3 Å². The van der Waals surface area contributed by atoms with Crippen molar-refractivity contribution < 1.29 is 14.7 Å². The third-order valence-electron chi connectivity index (χ3n) is 4.60. The Hall–Kier alpha value is -2.96. The number of piperidine rings is 1. The minimum absolute atomic E-state index is 0.0331. The van der Waals surface area contributed by atoms with E-state index < -0.39 is 5.97 Å². The maximum atomic E-state index is 13.0. The van der Waals surface area contributed by atoms with Crippen molar-refractivity contribution in [2.24, 2.45) is 0 Å². The van der Waals surface area contributed by atoms with Crippen molar-refractivity contribution in [2.45, 2.75) is 38.1 Å². The summed E-state index contributed by atoms with van der Waals surface area (Å²) in [5.41, 5.74) is 0.470. The third-order valence-corrected chi connectivity index (χ3v) is 4.60. The number of aliphatic carboxylic acids is 1. The highest BCUT2D eigenvalue weighted by atomic mass is 16.4. The molecule has 1 amide bonds. The second kappa shape index (κ2) is 7.95. The summed E-state index contributed by atoms with van der Waals surface area (Å²) in [7, 11) is 0. The lowest BCUT2D eigenvalue weighted by molar-refractivity contribution is -0.137. The standard InChI is InChI=1S/C19H21N3O4/c23-17-11-10-16(20-22(17)15-7-2-1-3-8-15)19(26)21-13-5-4-6-14(21)9-12-18(24)25/h1-3,7-8,10-11,14H,4-6,9,12-13H2,(H,24,25). The van der Waals surface area contributed by atoms with E-state index in [1.54, 1.807) is 29.2 Å². The van der Waals surface area contributed by atoms with Gasteiger partial charge in [-0.15, -0.1) is 0 Å². The van der Waals surface area contributed by atoms with E-state index in [9.17, 15) is 14.4 Å². The maximum Gasteiger partial charge on any atom is 0.303 e. The molecule has 1 saturated heterocycles. The van der Waals surface area contributed by atoms with Crippen LogP contribution in [0, 0.1) is 0 Å². The molecule has 2 heterocycles. The number of para-hydroxylation sites is 1. The predicted octanol–water partition coefficient (Wildman–Crippen LogP) is 2.09. The molecule has 1 N–H and O–H groups in total. The molecule has 1 fully saturated rings. The number of carboxylic acids is 1. The largest absolute Gasteiger partial charge is 0.481 e. The first-order chi connectivity index (χ1) is 12.6. The molecular weight excluding hydrogens is 334 g/mol. The lowest BCUT2D eigenvalue weighted by Gasteiger charge is -2.35. The summed E-state index contributed by atoms with van der Waals surface area (Å²) in [5.74, 6) is -1.12. The molecule has 7 nitrogen and oxygen atoms in total. The molecule has 0 radical (unpaired) electrons. The molecule has 3 rings (SSSR count). The first-order valence-corrected chi connectivity index (χ1v) is 8.75. The average Bonchev–Trinajstić information content (AvgIpc) is 2.67. The van der Waals surface area contributed by atoms with Gasteiger partial charge in [0.2, 0.25) is 0 Å². The Morgan fingerprint density at radius 1 is 1.12 bits per heavy atom. The van der Waals surface area contributed by atoms with E-state index in [4.69, 9.17) is 5.11 Å². The van der Waals surface area contributed by atoms with Crippen LogP contribution in [0.4, 0.5) is 0 Å². The maximum absolute atomic E-state index is 13.0. The van der Waals surface area contributed by atoms with Gasteiger partial charge in [0.15, 0.2) is 0 Å². The summed E-state index contributed by atoms with van der Waals surface area (Å²) in [4.78, 5) is 37.6. The fourth-order valence-electron chi connectivity index (χ4n) is 3.28. The lowest BCUT2D eigenvalue weighted by Crippen LogP contribution is -2.44. The molecule has 136 valence electrons. The number of carbonyl (C=O) groups excluding carboxylic acids is 1. The Labute approximate surface area is 150 Å². The van der Waals surface area contributed by atoms with Crippen molar-refractivity contribution >= 4 is 11.9 Å². The molecule has 0 spiro atoms. The van der Waals surface area contributed by atoms with Crippen LogP contribution in [0.5, 0.6) is 0 Å². The summed E-state index contributed by atoms with van der Waals surface area (Å²) in [6.45, 7) is 0.579. The Morgan fingerprint density at radius 2 is 1.88 bits per heavy atom. The van der Waals surface area contributed by atoms with Gasteiger partial charge < -0.3 is 10.0 Å². The third kappa shape index (κ3) is 3.99. The smallest absolute Gasteiger partial charge is 0.303 e. The van der Waals surface area contributed by atoms with Gasteiger partial charge in [0.1, 0.15) is 5.69 Å². The lowest BCUT2D eigenvalue weighted by atomic mass is 9.97. The first kappa shape index (κ1) is 17.8. The van der Waals surface area contributed by atoms with Crippen molar-refractivity contribution in [3.8, 4) is 5.69 Å². The molecule has 7 heteroatoms. The number of aromatic nitrogens is 2.